The van der Waals surface area contributed by atoms with E-state index in [1.807, 2.05) is 0 Å². The van der Waals surface area contributed by atoms with Crippen molar-refractivity contribution in [3.05, 3.63) is 0 Å². The molecule has 1 rings (SSSR count). The van der Waals surface area contributed by atoms with E-state index in [9.17, 15) is 4.79 Å². The van der Waals surface area contributed by atoms with E-state index in [0.717, 1.165) is 38.7 Å². The molecule has 16 heavy (non-hydrogen) atoms. The molecule has 94 valence electrons. The summed E-state index contributed by atoms with van der Waals surface area (Å²) in [5, 5.41) is 0. The van der Waals surface area contributed by atoms with Crippen molar-refractivity contribution in [1.82, 2.24) is 5.48 Å². The van der Waals surface area contributed by atoms with Crippen LogP contribution in [0.3, 0.4) is 0 Å². The van der Waals surface area contributed by atoms with E-state index in [1.165, 1.54) is 12.8 Å². The van der Waals surface area contributed by atoms with Gasteiger partial charge in [0, 0.05) is 19.4 Å². The Morgan fingerprint density at radius 2 is 2.25 bits per heavy atom. The zero-order valence-corrected chi connectivity index (χ0v) is 10.2. The molecule has 1 aliphatic heterocycles. The Kier molecular flexibility index (Phi) is 7.17. The second kappa shape index (κ2) is 8.53. The standard InChI is InChI=1S/C12H23NO3/c1-2-3-4-5-8-11(14)13-16-12-9-6-7-10-15-12/h12H,2-10H2,1H3,(H,13,14). The number of hydrogen-bond donors (Lipinski definition) is 1. The summed E-state index contributed by atoms with van der Waals surface area (Å²) in [4.78, 5) is 16.5. The Labute approximate surface area is 97.6 Å². The van der Waals surface area contributed by atoms with E-state index in [-0.39, 0.29) is 12.2 Å². The van der Waals surface area contributed by atoms with Crippen molar-refractivity contribution in [2.45, 2.75) is 64.6 Å². The average molecular weight is 229 g/mol. The van der Waals surface area contributed by atoms with Crippen molar-refractivity contribution < 1.29 is 14.4 Å². The summed E-state index contributed by atoms with van der Waals surface area (Å²) in [7, 11) is 0. The zero-order valence-electron chi connectivity index (χ0n) is 10.2. The first-order chi connectivity index (χ1) is 7.83. The lowest BCUT2D eigenvalue weighted by Gasteiger charge is -2.22. The van der Waals surface area contributed by atoms with Gasteiger partial charge in [-0.05, 0) is 19.3 Å². The summed E-state index contributed by atoms with van der Waals surface area (Å²) in [6, 6.07) is 0. The molecule has 4 nitrogen and oxygen atoms in total. The number of carbonyl (C=O) groups is 1. The van der Waals surface area contributed by atoms with Gasteiger partial charge < -0.3 is 4.74 Å². The summed E-state index contributed by atoms with van der Waals surface area (Å²) < 4.78 is 5.33. The van der Waals surface area contributed by atoms with Crippen LogP contribution in [-0.4, -0.2) is 18.8 Å². The molecule has 1 fully saturated rings. The van der Waals surface area contributed by atoms with Gasteiger partial charge >= 0.3 is 0 Å². The van der Waals surface area contributed by atoms with Gasteiger partial charge in [0.15, 0.2) is 6.29 Å². The molecule has 0 spiro atoms. The first-order valence-electron chi connectivity index (χ1n) is 6.39. The summed E-state index contributed by atoms with van der Waals surface area (Å²) >= 11 is 0. The topological polar surface area (TPSA) is 47.6 Å². The van der Waals surface area contributed by atoms with Gasteiger partial charge in [-0.2, -0.15) is 0 Å². The maximum absolute atomic E-state index is 11.4. The molecule has 1 N–H and O–H groups in total. The molecule has 1 heterocycles. The fourth-order valence-corrected chi connectivity index (χ4v) is 1.70. The first kappa shape index (κ1) is 13.5. The van der Waals surface area contributed by atoms with Gasteiger partial charge in [0.05, 0.1) is 0 Å². The number of carbonyl (C=O) groups excluding carboxylic acids is 1. The normalized spacial score (nSPS) is 20.7. The molecule has 1 aliphatic rings. The summed E-state index contributed by atoms with van der Waals surface area (Å²) in [5.41, 5.74) is 2.47. The molecule has 0 aromatic heterocycles. The van der Waals surface area contributed by atoms with Crippen LogP contribution < -0.4 is 5.48 Å². The summed E-state index contributed by atoms with van der Waals surface area (Å²) in [6.07, 6.45) is 7.81. The van der Waals surface area contributed by atoms with Crippen LogP contribution >= 0.6 is 0 Å². The van der Waals surface area contributed by atoms with Crippen molar-refractivity contribution in [2.24, 2.45) is 0 Å². The van der Waals surface area contributed by atoms with Gasteiger partial charge in [-0.3, -0.25) is 4.79 Å². The molecule has 0 aliphatic carbocycles. The predicted molar refractivity (Wildman–Crippen MR) is 61.6 cm³/mol. The van der Waals surface area contributed by atoms with Gasteiger partial charge in [0.25, 0.3) is 0 Å². The second-order valence-corrected chi connectivity index (χ2v) is 4.25. The monoisotopic (exact) mass is 229 g/mol. The lowest BCUT2D eigenvalue weighted by Crippen LogP contribution is -2.32. The predicted octanol–water partition coefficient (Wildman–Crippen LogP) is 2.53. The van der Waals surface area contributed by atoms with Crippen LogP contribution in [0.1, 0.15) is 58.3 Å². The van der Waals surface area contributed by atoms with E-state index in [0.29, 0.717) is 6.42 Å². The van der Waals surface area contributed by atoms with Crippen molar-refractivity contribution in [3.8, 4) is 0 Å². The van der Waals surface area contributed by atoms with Gasteiger partial charge in [0.2, 0.25) is 5.91 Å². The molecule has 0 aromatic carbocycles. The third kappa shape index (κ3) is 6.08. The molecule has 4 heteroatoms. The lowest BCUT2D eigenvalue weighted by molar-refractivity contribution is -0.200. The minimum Gasteiger partial charge on any atom is -0.350 e. The fourth-order valence-electron chi connectivity index (χ4n) is 1.70. The number of unbranched alkanes of at least 4 members (excludes halogenated alkanes) is 3. The molecule has 1 atom stereocenters. The number of rotatable bonds is 7. The minimum atomic E-state index is -0.242. The average Bonchev–Trinajstić information content (AvgIpc) is 2.33. The Balaban J connectivity index is 1.96. The third-order valence-electron chi connectivity index (χ3n) is 2.70. The van der Waals surface area contributed by atoms with Crippen molar-refractivity contribution in [1.29, 1.82) is 0 Å². The number of hydrogen-bond acceptors (Lipinski definition) is 3. The molecular weight excluding hydrogens is 206 g/mol. The second-order valence-electron chi connectivity index (χ2n) is 4.25. The van der Waals surface area contributed by atoms with Gasteiger partial charge in [-0.15, -0.1) is 0 Å². The molecule has 1 saturated heterocycles. The van der Waals surface area contributed by atoms with Crippen LogP contribution in [0.5, 0.6) is 0 Å². The van der Waals surface area contributed by atoms with E-state index in [2.05, 4.69) is 12.4 Å². The van der Waals surface area contributed by atoms with Crippen LogP contribution in [0.2, 0.25) is 0 Å². The molecule has 0 radical (unpaired) electrons. The van der Waals surface area contributed by atoms with E-state index in [4.69, 9.17) is 9.57 Å². The van der Waals surface area contributed by atoms with Crippen molar-refractivity contribution in [3.63, 3.8) is 0 Å². The number of nitrogens with one attached hydrogen (secondary N) is 1. The Bertz CT molecular complexity index is 191. The largest absolute Gasteiger partial charge is 0.350 e. The van der Waals surface area contributed by atoms with Crippen LogP contribution in [0, 0.1) is 0 Å². The number of ether oxygens (including phenoxy) is 1. The smallest absolute Gasteiger partial charge is 0.243 e. The van der Waals surface area contributed by atoms with Gasteiger partial charge in [-0.25, -0.2) is 10.3 Å². The Morgan fingerprint density at radius 3 is 2.94 bits per heavy atom. The van der Waals surface area contributed by atoms with Crippen LogP contribution in [0.25, 0.3) is 0 Å². The highest BCUT2D eigenvalue weighted by Crippen LogP contribution is 2.12. The van der Waals surface area contributed by atoms with E-state index >= 15 is 0 Å². The highest BCUT2D eigenvalue weighted by atomic mass is 16.8. The van der Waals surface area contributed by atoms with Crippen molar-refractivity contribution in [2.75, 3.05) is 6.61 Å². The van der Waals surface area contributed by atoms with Crippen molar-refractivity contribution >= 4 is 5.91 Å². The third-order valence-corrected chi connectivity index (χ3v) is 2.70. The molecule has 0 saturated carbocycles. The first-order valence-corrected chi connectivity index (χ1v) is 6.39. The minimum absolute atomic E-state index is 0.0368. The molecule has 0 aromatic rings. The number of hydroxylamine groups is 1. The van der Waals surface area contributed by atoms with E-state index in [1.54, 1.807) is 0 Å². The van der Waals surface area contributed by atoms with E-state index < -0.39 is 0 Å². The molecule has 0 bridgehead atoms. The van der Waals surface area contributed by atoms with Crippen LogP contribution in [0.4, 0.5) is 0 Å². The highest BCUT2D eigenvalue weighted by molar-refractivity contribution is 5.74. The SMILES string of the molecule is CCCCCCC(=O)NOC1CCCCO1. The summed E-state index contributed by atoms with van der Waals surface area (Å²) in [5.74, 6) is -0.0368. The zero-order chi connectivity index (χ0) is 11.6. The summed E-state index contributed by atoms with van der Waals surface area (Å²) in [6.45, 7) is 2.89. The molecular formula is C12H23NO3. The van der Waals surface area contributed by atoms with Gasteiger partial charge in [0.1, 0.15) is 0 Å². The fraction of sp³-hybridized carbons (Fsp3) is 0.917. The Hall–Kier alpha value is -0.610. The van der Waals surface area contributed by atoms with Gasteiger partial charge in [-0.1, -0.05) is 26.2 Å². The highest BCUT2D eigenvalue weighted by Gasteiger charge is 2.15. The van der Waals surface area contributed by atoms with Crippen LogP contribution in [-0.2, 0) is 14.4 Å². The molecule has 1 amide bonds. The maximum atomic E-state index is 11.4. The number of amides is 1. The van der Waals surface area contributed by atoms with Crippen LogP contribution in [0.15, 0.2) is 0 Å². The Morgan fingerprint density at radius 1 is 1.38 bits per heavy atom. The maximum Gasteiger partial charge on any atom is 0.243 e. The molecule has 1 unspecified atom stereocenters. The lowest BCUT2D eigenvalue weighted by atomic mass is 10.1. The quantitative estimate of drug-likeness (QED) is 0.539.